The molecule has 1 saturated heterocycles. The Morgan fingerprint density at radius 3 is 2.80 bits per heavy atom. The third-order valence-corrected chi connectivity index (χ3v) is 4.71. The second-order valence-corrected chi connectivity index (χ2v) is 6.20. The number of fused-ring (bicyclic) bond motifs is 3. The minimum atomic E-state index is -0.123. The molecule has 0 unspecified atom stereocenters. The summed E-state index contributed by atoms with van der Waals surface area (Å²) in [5.74, 6) is 0.0825. The number of hydrogen-bond donors (Lipinski definition) is 2. The van der Waals surface area contributed by atoms with Gasteiger partial charge in [-0.05, 0) is 25.1 Å². The summed E-state index contributed by atoms with van der Waals surface area (Å²) in [6, 6.07) is 3.47. The molecule has 2 atom stereocenters. The van der Waals surface area contributed by atoms with Crippen LogP contribution in [0.1, 0.15) is 25.8 Å². The van der Waals surface area contributed by atoms with E-state index in [1.807, 2.05) is 6.07 Å². The lowest BCUT2D eigenvalue weighted by Crippen LogP contribution is -2.45. The van der Waals surface area contributed by atoms with Crippen molar-refractivity contribution in [2.75, 3.05) is 30.9 Å². The van der Waals surface area contributed by atoms with Crippen molar-refractivity contribution in [2.24, 2.45) is 0 Å². The van der Waals surface area contributed by atoms with Gasteiger partial charge in [0.15, 0.2) is 0 Å². The minimum absolute atomic E-state index is 0.00913. The molecule has 5 heteroatoms. The predicted octanol–water partition coefficient (Wildman–Crippen LogP) is 1.72. The van der Waals surface area contributed by atoms with E-state index in [1.54, 1.807) is 6.07 Å². The molecule has 2 aliphatic heterocycles. The maximum absolute atomic E-state index is 11.4. The van der Waals surface area contributed by atoms with Crippen molar-refractivity contribution in [1.82, 2.24) is 4.90 Å². The van der Waals surface area contributed by atoms with Crippen LogP contribution in [-0.2, 0) is 10.2 Å². The highest BCUT2D eigenvalue weighted by molar-refractivity contribution is 5.95. The molecule has 0 radical (unpaired) electrons. The Balaban J connectivity index is 2.19. The molecule has 0 bridgehead atoms. The van der Waals surface area contributed by atoms with Crippen LogP contribution in [0.25, 0.3) is 0 Å². The molecule has 1 aromatic rings. The number of rotatable bonds is 1. The van der Waals surface area contributed by atoms with Gasteiger partial charge in [0.1, 0.15) is 5.75 Å². The molecule has 2 aliphatic rings. The summed E-state index contributed by atoms with van der Waals surface area (Å²) >= 11 is 0. The second-order valence-electron chi connectivity index (χ2n) is 6.20. The Labute approximate surface area is 119 Å². The molecule has 0 spiro atoms. The van der Waals surface area contributed by atoms with Crippen molar-refractivity contribution in [3.05, 3.63) is 17.7 Å². The van der Waals surface area contributed by atoms with Gasteiger partial charge in [-0.3, -0.25) is 9.69 Å². The number of carbonyl (C=O) groups excluding carboxylic acids is 1. The van der Waals surface area contributed by atoms with Crippen LogP contribution in [-0.4, -0.2) is 42.7 Å². The van der Waals surface area contributed by atoms with Crippen LogP contribution < -0.4 is 10.2 Å². The van der Waals surface area contributed by atoms with Crippen LogP contribution in [0, 0.1) is 0 Å². The van der Waals surface area contributed by atoms with Crippen molar-refractivity contribution in [3.63, 3.8) is 0 Å². The zero-order valence-electron chi connectivity index (χ0n) is 12.4. The van der Waals surface area contributed by atoms with Gasteiger partial charge in [-0.25, -0.2) is 0 Å². The van der Waals surface area contributed by atoms with E-state index in [-0.39, 0.29) is 23.2 Å². The number of phenolic OH excluding ortho intramolecular Hbond substituents is 1. The second kappa shape index (κ2) is 4.12. The van der Waals surface area contributed by atoms with Gasteiger partial charge in [-0.1, -0.05) is 6.92 Å². The van der Waals surface area contributed by atoms with E-state index in [1.165, 1.54) is 6.92 Å². The molecule has 0 saturated carbocycles. The number of likely N-dealkylation sites (tertiary alicyclic amines) is 1. The van der Waals surface area contributed by atoms with Gasteiger partial charge in [0.05, 0.1) is 17.5 Å². The van der Waals surface area contributed by atoms with Crippen molar-refractivity contribution in [1.29, 1.82) is 0 Å². The number of anilines is 2. The molecular weight excluding hydrogens is 254 g/mol. The predicted molar refractivity (Wildman–Crippen MR) is 79.2 cm³/mol. The molecule has 20 heavy (non-hydrogen) atoms. The van der Waals surface area contributed by atoms with E-state index in [2.05, 4.69) is 36.1 Å². The molecule has 5 nitrogen and oxygen atoms in total. The summed E-state index contributed by atoms with van der Waals surface area (Å²) in [7, 11) is 4.18. The van der Waals surface area contributed by atoms with Gasteiger partial charge in [-0.2, -0.15) is 0 Å². The van der Waals surface area contributed by atoms with E-state index in [0.29, 0.717) is 5.69 Å². The molecule has 1 fully saturated rings. The topological polar surface area (TPSA) is 55.8 Å². The Morgan fingerprint density at radius 1 is 1.45 bits per heavy atom. The summed E-state index contributed by atoms with van der Waals surface area (Å²) in [6.07, 6.45) is 1.32. The first-order valence-electron chi connectivity index (χ1n) is 6.93. The van der Waals surface area contributed by atoms with Crippen LogP contribution in [0.2, 0.25) is 0 Å². The number of hydrogen-bond acceptors (Lipinski definition) is 4. The van der Waals surface area contributed by atoms with Gasteiger partial charge in [0.25, 0.3) is 0 Å². The van der Waals surface area contributed by atoms with Crippen molar-refractivity contribution in [2.45, 2.75) is 31.8 Å². The average molecular weight is 275 g/mol. The number of benzene rings is 1. The van der Waals surface area contributed by atoms with Gasteiger partial charge in [0.2, 0.25) is 5.91 Å². The number of aromatic hydroxyl groups is 1. The molecule has 0 aromatic heterocycles. The maximum atomic E-state index is 11.4. The van der Waals surface area contributed by atoms with E-state index in [9.17, 15) is 9.90 Å². The first-order chi connectivity index (χ1) is 9.34. The zero-order valence-corrected chi connectivity index (χ0v) is 12.4. The molecule has 1 aromatic carbocycles. The lowest BCUT2D eigenvalue weighted by atomic mass is 9.81. The van der Waals surface area contributed by atoms with E-state index in [0.717, 1.165) is 24.2 Å². The fourth-order valence-corrected chi connectivity index (χ4v) is 3.99. The van der Waals surface area contributed by atoms with Crippen LogP contribution in [0.5, 0.6) is 5.75 Å². The lowest BCUT2D eigenvalue weighted by molar-refractivity contribution is -0.114. The molecular formula is C15H21N3O2. The highest BCUT2D eigenvalue weighted by Gasteiger charge is 2.53. The molecule has 108 valence electrons. The van der Waals surface area contributed by atoms with Gasteiger partial charge < -0.3 is 15.3 Å². The van der Waals surface area contributed by atoms with Gasteiger partial charge >= 0.3 is 0 Å². The summed E-state index contributed by atoms with van der Waals surface area (Å²) in [5, 5.41) is 12.8. The number of likely N-dealkylation sites (N-methyl/N-ethyl adjacent to an activating group) is 2. The number of carbonyl (C=O) groups is 1. The number of nitrogens with one attached hydrogen (secondary N) is 1. The number of phenols is 1. The Hall–Kier alpha value is -1.75. The Morgan fingerprint density at radius 2 is 2.15 bits per heavy atom. The van der Waals surface area contributed by atoms with Gasteiger partial charge in [0, 0.05) is 32.0 Å². The first-order valence-corrected chi connectivity index (χ1v) is 6.93. The van der Waals surface area contributed by atoms with Crippen LogP contribution in [0.3, 0.4) is 0 Å². The highest BCUT2D eigenvalue weighted by atomic mass is 16.3. The van der Waals surface area contributed by atoms with E-state index >= 15 is 0 Å². The normalized spacial score (nSPS) is 28.4. The zero-order chi connectivity index (χ0) is 14.7. The molecule has 2 N–H and O–H groups in total. The summed E-state index contributed by atoms with van der Waals surface area (Å²) < 4.78 is 0. The molecule has 3 rings (SSSR count). The average Bonchev–Trinajstić information content (AvgIpc) is 2.74. The third-order valence-electron chi connectivity index (χ3n) is 4.71. The Kier molecular flexibility index (Phi) is 2.73. The van der Waals surface area contributed by atoms with Crippen molar-refractivity contribution >= 4 is 17.3 Å². The quantitative estimate of drug-likeness (QED) is 0.819. The standard InChI is InChI=1S/C15H21N3O2/c1-9(19)16-12-8-10(20)7-11-13(12)18(4)14-15(11,2)5-6-17(14)3/h7-8,14,20H,5-6H2,1-4H3,(H,16,19)/t14-,15+/m1/s1. The maximum Gasteiger partial charge on any atom is 0.221 e. The number of nitrogens with zero attached hydrogens (tertiary/aromatic N) is 2. The largest absolute Gasteiger partial charge is 0.508 e. The third kappa shape index (κ3) is 1.62. The summed E-state index contributed by atoms with van der Waals surface area (Å²) in [5.41, 5.74) is 2.83. The van der Waals surface area contributed by atoms with E-state index in [4.69, 9.17) is 0 Å². The SMILES string of the molecule is CC(=O)Nc1cc(O)cc2c1N(C)[C@H]1N(C)CC[C@@]21C. The summed E-state index contributed by atoms with van der Waals surface area (Å²) in [6.45, 7) is 4.76. The van der Waals surface area contributed by atoms with Crippen molar-refractivity contribution < 1.29 is 9.90 Å². The number of amides is 1. The fraction of sp³-hybridized carbons (Fsp3) is 0.533. The monoisotopic (exact) mass is 275 g/mol. The smallest absolute Gasteiger partial charge is 0.221 e. The van der Waals surface area contributed by atoms with Gasteiger partial charge in [-0.15, -0.1) is 0 Å². The van der Waals surface area contributed by atoms with Crippen molar-refractivity contribution in [3.8, 4) is 5.75 Å². The van der Waals surface area contributed by atoms with Crippen LogP contribution >= 0.6 is 0 Å². The molecule has 0 aliphatic carbocycles. The lowest BCUT2D eigenvalue weighted by Gasteiger charge is -2.32. The van der Waals surface area contributed by atoms with E-state index < -0.39 is 0 Å². The minimum Gasteiger partial charge on any atom is -0.508 e. The Bertz CT molecular complexity index is 587. The highest BCUT2D eigenvalue weighted by Crippen LogP contribution is 2.54. The van der Waals surface area contributed by atoms with Crippen LogP contribution in [0.4, 0.5) is 11.4 Å². The summed E-state index contributed by atoms with van der Waals surface area (Å²) in [4.78, 5) is 15.9. The fourth-order valence-electron chi connectivity index (χ4n) is 3.99. The van der Waals surface area contributed by atoms with Crippen LogP contribution in [0.15, 0.2) is 12.1 Å². The first kappa shape index (κ1) is 13.2. The molecule has 1 amide bonds. The molecule has 2 heterocycles.